The third-order valence-electron chi connectivity index (χ3n) is 4.42. The molecule has 4 rings (SSSR count). The zero-order chi connectivity index (χ0) is 19.3. The van der Waals surface area contributed by atoms with Gasteiger partial charge in [-0.25, -0.2) is 0 Å². The molecule has 3 aromatic carbocycles. The van der Waals surface area contributed by atoms with Crippen LogP contribution in [0.5, 0.6) is 0 Å². The normalized spacial score (nSPS) is 12.0. The van der Waals surface area contributed by atoms with Crippen molar-refractivity contribution >= 4 is 28.4 Å². The molecule has 1 aromatic heterocycles. The molecule has 0 saturated heterocycles. The van der Waals surface area contributed by atoms with Gasteiger partial charge in [-0.15, -0.1) is 10.2 Å². The summed E-state index contributed by atoms with van der Waals surface area (Å²) in [6.07, 6.45) is 0. The quantitative estimate of drug-likeness (QED) is 0.477. The monoisotopic (exact) mass is 389 g/mol. The maximum Gasteiger partial charge on any atom is 0.277 e. The molecule has 5 nitrogen and oxygen atoms in total. The number of rotatable bonds is 6. The summed E-state index contributed by atoms with van der Waals surface area (Å²) in [6, 6.07) is 23.8. The number of nitrogens with zero attached hydrogens (tertiary/aromatic N) is 2. The van der Waals surface area contributed by atoms with Gasteiger partial charge in [-0.1, -0.05) is 72.4 Å². The highest BCUT2D eigenvalue weighted by Gasteiger charge is 2.14. The van der Waals surface area contributed by atoms with Crippen LogP contribution in [0.15, 0.2) is 82.4 Å². The lowest BCUT2D eigenvalue weighted by molar-refractivity contribution is -0.119. The third-order valence-corrected chi connectivity index (χ3v) is 5.24. The Labute approximate surface area is 167 Å². The summed E-state index contributed by atoms with van der Waals surface area (Å²) in [5, 5.41) is 13.8. The van der Waals surface area contributed by atoms with Gasteiger partial charge in [0.2, 0.25) is 11.8 Å². The summed E-state index contributed by atoms with van der Waals surface area (Å²) < 4.78 is 5.63. The molecule has 0 fully saturated rings. The van der Waals surface area contributed by atoms with Crippen LogP contribution >= 0.6 is 11.8 Å². The standard InChI is InChI=1S/C22H19N3O2S/c1-15(18-13-7-11-16-8-5-6-12-19(16)18)23-20(26)14-28-22-25-24-21(27-22)17-9-3-2-4-10-17/h2-13,15H,14H2,1H3,(H,23,26). The predicted molar refractivity (Wildman–Crippen MR) is 111 cm³/mol. The first-order chi connectivity index (χ1) is 13.7. The fourth-order valence-electron chi connectivity index (χ4n) is 3.08. The molecular weight excluding hydrogens is 370 g/mol. The molecule has 140 valence electrons. The SMILES string of the molecule is CC(NC(=O)CSc1nnc(-c2ccccc2)o1)c1cccc2ccccc12. The first-order valence-electron chi connectivity index (χ1n) is 8.99. The van der Waals surface area contributed by atoms with Gasteiger partial charge in [0.1, 0.15) is 0 Å². The summed E-state index contributed by atoms with van der Waals surface area (Å²) >= 11 is 1.23. The molecule has 0 aliphatic heterocycles. The van der Waals surface area contributed by atoms with Gasteiger partial charge >= 0.3 is 0 Å². The number of hydrogen-bond donors (Lipinski definition) is 1. The van der Waals surface area contributed by atoms with E-state index in [9.17, 15) is 4.79 Å². The molecule has 1 N–H and O–H groups in total. The number of fused-ring (bicyclic) bond motifs is 1. The highest BCUT2D eigenvalue weighted by atomic mass is 32.2. The topological polar surface area (TPSA) is 68.0 Å². The molecule has 1 unspecified atom stereocenters. The Morgan fingerprint density at radius 2 is 1.75 bits per heavy atom. The van der Waals surface area contributed by atoms with Gasteiger partial charge in [-0.3, -0.25) is 4.79 Å². The minimum Gasteiger partial charge on any atom is -0.411 e. The zero-order valence-electron chi connectivity index (χ0n) is 15.3. The summed E-state index contributed by atoms with van der Waals surface area (Å²) in [5.74, 6) is 0.587. The van der Waals surface area contributed by atoms with Crippen LogP contribution < -0.4 is 5.32 Å². The fourth-order valence-corrected chi connectivity index (χ4v) is 3.66. The highest BCUT2D eigenvalue weighted by Crippen LogP contribution is 2.25. The number of aromatic nitrogens is 2. The van der Waals surface area contributed by atoms with Crippen LogP contribution in [0.1, 0.15) is 18.5 Å². The van der Waals surface area contributed by atoms with Crippen LogP contribution in [-0.2, 0) is 4.79 Å². The van der Waals surface area contributed by atoms with E-state index in [0.29, 0.717) is 11.1 Å². The third kappa shape index (κ3) is 4.07. The van der Waals surface area contributed by atoms with Crippen molar-refractivity contribution in [3.8, 4) is 11.5 Å². The van der Waals surface area contributed by atoms with Crippen molar-refractivity contribution in [3.05, 3.63) is 78.4 Å². The van der Waals surface area contributed by atoms with Gasteiger partial charge in [-0.05, 0) is 35.4 Å². The number of benzene rings is 3. The number of nitrogens with one attached hydrogen (secondary N) is 1. The lowest BCUT2D eigenvalue weighted by Crippen LogP contribution is -2.28. The lowest BCUT2D eigenvalue weighted by atomic mass is 10.00. The Bertz CT molecular complexity index is 1090. The molecule has 28 heavy (non-hydrogen) atoms. The summed E-state index contributed by atoms with van der Waals surface area (Å²) in [7, 11) is 0. The van der Waals surface area contributed by atoms with Crippen molar-refractivity contribution in [3.63, 3.8) is 0 Å². The summed E-state index contributed by atoms with van der Waals surface area (Å²) in [6.45, 7) is 1.99. The molecule has 1 atom stereocenters. The zero-order valence-corrected chi connectivity index (χ0v) is 16.1. The smallest absolute Gasteiger partial charge is 0.277 e. The van der Waals surface area contributed by atoms with Crippen LogP contribution in [-0.4, -0.2) is 21.9 Å². The second-order valence-corrected chi connectivity index (χ2v) is 7.31. The fraction of sp³-hybridized carbons (Fsp3) is 0.136. The van der Waals surface area contributed by atoms with Crippen molar-refractivity contribution in [2.45, 2.75) is 18.2 Å². The van der Waals surface area contributed by atoms with Gasteiger partial charge in [0, 0.05) is 5.56 Å². The van der Waals surface area contributed by atoms with E-state index >= 15 is 0 Å². The van der Waals surface area contributed by atoms with Crippen LogP contribution in [0.4, 0.5) is 0 Å². The Morgan fingerprint density at radius 1 is 1.00 bits per heavy atom. The second-order valence-electron chi connectivity index (χ2n) is 6.39. The molecular formula is C22H19N3O2S. The molecule has 1 heterocycles. The largest absolute Gasteiger partial charge is 0.411 e. The highest BCUT2D eigenvalue weighted by molar-refractivity contribution is 7.99. The Morgan fingerprint density at radius 3 is 2.61 bits per heavy atom. The van der Waals surface area contributed by atoms with Gasteiger partial charge in [0.05, 0.1) is 11.8 Å². The average Bonchev–Trinajstić information content (AvgIpc) is 3.21. The maximum absolute atomic E-state index is 12.4. The van der Waals surface area contributed by atoms with E-state index in [1.165, 1.54) is 11.8 Å². The predicted octanol–water partition coefficient (Wildman–Crippen LogP) is 4.86. The van der Waals surface area contributed by atoms with Crippen LogP contribution in [0.2, 0.25) is 0 Å². The molecule has 0 bridgehead atoms. The molecule has 0 spiro atoms. The van der Waals surface area contributed by atoms with E-state index in [2.05, 4.69) is 33.7 Å². The minimum atomic E-state index is -0.0956. The van der Waals surface area contributed by atoms with Gasteiger partial charge in [0.15, 0.2) is 0 Å². The van der Waals surface area contributed by atoms with Gasteiger partial charge in [-0.2, -0.15) is 0 Å². The molecule has 0 aliphatic carbocycles. The number of carbonyl (C=O) groups excluding carboxylic acids is 1. The van der Waals surface area contributed by atoms with Crippen LogP contribution in [0, 0.1) is 0 Å². The van der Waals surface area contributed by atoms with Crippen molar-refractivity contribution in [1.29, 1.82) is 0 Å². The number of thioether (sulfide) groups is 1. The van der Waals surface area contributed by atoms with E-state index in [0.717, 1.165) is 21.9 Å². The van der Waals surface area contributed by atoms with Crippen molar-refractivity contribution in [2.24, 2.45) is 0 Å². The van der Waals surface area contributed by atoms with Crippen molar-refractivity contribution in [1.82, 2.24) is 15.5 Å². The Kier molecular flexibility index (Phi) is 5.39. The molecule has 0 aliphatic rings. The minimum absolute atomic E-state index is 0.0788. The van der Waals surface area contributed by atoms with Gasteiger partial charge in [0.25, 0.3) is 5.22 Å². The number of hydrogen-bond acceptors (Lipinski definition) is 5. The molecule has 0 radical (unpaired) electrons. The Hall–Kier alpha value is -3.12. The Balaban J connectivity index is 1.37. The van der Waals surface area contributed by atoms with Crippen molar-refractivity contribution in [2.75, 3.05) is 5.75 Å². The number of carbonyl (C=O) groups is 1. The second kappa shape index (κ2) is 8.27. The van der Waals surface area contributed by atoms with E-state index in [4.69, 9.17) is 4.42 Å². The van der Waals surface area contributed by atoms with E-state index in [1.54, 1.807) is 0 Å². The molecule has 1 amide bonds. The molecule has 6 heteroatoms. The first kappa shape index (κ1) is 18.3. The van der Waals surface area contributed by atoms with E-state index in [1.807, 2.05) is 61.5 Å². The van der Waals surface area contributed by atoms with Crippen LogP contribution in [0.3, 0.4) is 0 Å². The molecule has 4 aromatic rings. The lowest BCUT2D eigenvalue weighted by Gasteiger charge is -2.16. The number of amides is 1. The van der Waals surface area contributed by atoms with Crippen molar-refractivity contribution < 1.29 is 9.21 Å². The van der Waals surface area contributed by atoms with Crippen LogP contribution in [0.25, 0.3) is 22.2 Å². The first-order valence-corrected chi connectivity index (χ1v) is 9.98. The van der Waals surface area contributed by atoms with E-state index in [-0.39, 0.29) is 17.7 Å². The average molecular weight is 389 g/mol. The van der Waals surface area contributed by atoms with E-state index < -0.39 is 0 Å². The molecule has 0 saturated carbocycles. The maximum atomic E-state index is 12.4. The summed E-state index contributed by atoms with van der Waals surface area (Å²) in [5.41, 5.74) is 1.96. The summed E-state index contributed by atoms with van der Waals surface area (Å²) in [4.78, 5) is 12.4. The van der Waals surface area contributed by atoms with Gasteiger partial charge < -0.3 is 9.73 Å².